The molecule has 2 atom stereocenters. The Morgan fingerprint density at radius 1 is 1.39 bits per heavy atom. The molecular formula is C18H28N4O. The van der Waals surface area contributed by atoms with Gasteiger partial charge in [-0.1, -0.05) is 0 Å². The van der Waals surface area contributed by atoms with Crippen molar-refractivity contribution in [1.82, 2.24) is 19.4 Å². The standard InChI is InChI=1S/C18H28N4O/c1-13(2)22-10-16(19-12-22)15-9-20(3)11-18(15)6-7-21(17(18)23)8-14-4-5-14/h10,12-15H,4-9,11H2,1-3H3/t15-,18-/m0/s1. The van der Waals surface area contributed by atoms with Crippen LogP contribution >= 0.6 is 0 Å². The van der Waals surface area contributed by atoms with E-state index >= 15 is 0 Å². The maximum Gasteiger partial charge on any atom is 0.230 e. The summed E-state index contributed by atoms with van der Waals surface area (Å²) in [7, 11) is 2.14. The predicted molar refractivity (Wildman–Crippen MR) is 89.2 cm³/mol. The van der Waals surface area contributed by atoms with Gasteiger partial charge in [-0.15, -0.1) is 0 Å². The Morgan fingerprint density at radius 2 is 2.17 bits per heavy atom. The highest BCUT2D eigenvalue weighted by Crippen LogP contribution is 2.49. The second kappa shape index (κ2) is 5.33. The van der Waals surface area contributed by atoms with Crippen molar-refractivity contribution >= 4 is 5.91 Å². The van der Waals surface area contributed by atoms with Gasteiger partial charge in [0, 0.05) is 44.3 Å². The minimum Gasteiger partial charge on any atom is -0.342 e. The summed E-state index contributed by atoms with van der Waals surface area (Å²) in [6, 6.07) is 0.414. The van der Waals surface area contributed by atoms with E-state index in [-0.39, 0.29) is 11.3 Å². The van der Waals surface area contributed by atoms with Crippen molar-refractivity contribution in [2.75, 3.05) is 33.2 Å². The lowest BCUT2D eigenvalue weighted by atomic mass is 9.75. The molecule has 23 heavy (non-hydrogen) atoms. The summed E-state index contributed by atoms with van der Waals surface area (Å²) in [5, 5.41) is 0. The molecule has 5 nitrogen and oxygen atoms in total. The van der Waals surface area contributed by atoms with Gasteiger partial charge in [0.15, 0.2) is 0 Å². The molecule has 3 aliphatic rings. The summed E-state index contributed by atoms with van der Waals surface area (Å²) in [6.45, 7) is 8.08. The molecule has 1 aromatic rings. The normalized spacial score (nSPS) is 31.9. The predicted octanol–water partition coefficient (Wildman–Crippen LogP) is 2.12. The number of hydrogen-bond acceptors (Lipinski definition) is 3. The molecule has 5 heteroatoms. The van der Waals surface area contributed by atoms with Crippen molar-refractivity contribution in [3.63, 3.8) is 0 Å². The molecule has 2 saturated heterocycles. The summed E-state index contributed by atoms with van der Waals surface area (Å²) >= 11 is 0. The Bertz CT molecular complexity index is 606. The Balaban J connectivity index is 1.61. The first-order chi connectivity index (χ1) is 11.0. The van der Waals surface area contributed by atoms with E-state index in [9.17, 15) is 4.79 Å². The van der Waals surface area contributed by atoms with Crippen molar-refractivity contribution in [2.45, 2.75) is 45.1 Å². The zero-order chi connectivity index (χ0) is 16.2. The summed E-state index contributed by atoms with van der Waals surface area (Å²) in [4.78, 5) is 22.4. The fourth-order valence-corrected chi connectivity index (χ4v) is 4.45. The quantitative estimate of drug-likeness (QED) is 0.854. The van der Waals surface area contributed by atoms with Crippen molar-refractivity contribution < 1.29 is 4.79 Å². The van der Waals surface area contributed by atoms with Crippen LogP contribution in [-0.2, 0) is 4.79 Å². The average molecular weight is 316 g/mol. The second-order valence-electron chi connectivity index (χ2n) is 8.19. The van der Waals surface area contributed by atoms with Gasteiger partial charge in [-0.25, -0.2) is 4.98 Å². The van der Waals surface area contributed by atoms with Gasteiger partial charge >= 0.3 is 0 Å². The number of hydrogen-bond donors (Lipinski definition) is 0. The Kier molecular flexibility index (Phi) is 3.52. The molecule has 1 aliphatic carbocycles. The first-order valence-electron chi connectivity index (χ1n) is 9.01. The molecule has 1 amide bonds. The molecule has 2 aliphatic heterocycles. The molecule has 0 bridgehead atoms. The molecule has 4 rings (SSSR count). The van der Waals surface area contributed by atoms with E-state index in [4.69, 9.17) is 0 Å². The molecule has 126 valence electrons. The number of carbonyl (C=O) groups excluding carboxylic acids is 1. The zero-order valence-corrected chi connectivity index (χ0v) is 14.5. The number of amides is 1. The van der Waals surface area contributed by atoms with E-state index in [0.717, 1.165) is 44.2 Å². The summed E-state index contributed by atoms with van der Waals surface area (Å²) < 4.78 is 2.16. The van der Waals surface area contributed by atoms with Crippen molar-refractivity contribution in [1.29, 1.82) is 0 Å². The number of imidazole rings is 1. The third-order valence-electron chi connectivity index (χ3n) is 6.00. The van der Waals surface area contributed by atoms with Crippen LogP contribution in [0.1, 0.15) is 50.8 Å². The Morgan fingerprint density at radius 3 is 2.83 bits per heavy atom. The topological polar surface area (TPSA) is 41.4 Å². The summed E-state index contributed by atoms with van der Waals surface area (Å²) in [6.07, 6.45) is 7.68. The first kappa shape index (κ1) is 15.2. The van der Waals surface area contributed by atoms with E-state index in [1.165, 1.54) is 12.8 Å². The van der Waals surface area contributed by atoms with Crippen LogP contribution in [0.3, 0.4) is 0 Å². The van der Waals surface area contributed by atoms with Gasteiger partial charge in [-0.2, -0.15) is 0 Å². The fourth-order valence-electron chi connectivity index (χ4n) is 4.45. The molecule has 1 aromatic heterocycles. The van der Waals surface area contributed by atoms with Crippen molar-refractivity contribution in [3.05, 3.63) is 18.2 Å². The third kappa shape index (κ3) is 2.49. The molecule has 0 N–H and O–H groups in total. The van der Waals surface area contributed by atoms with Crippen LogP contribution in [0.4, 0.5) is 0 Å². The maximum atomic E-state index is 13.2. The van der Waals surface area contributed by atoms with E-state index in [0.29, 0.717) is 11.9 Å². The molecule has 1 saturated carbocycles. The molecule has 3 fully saturated rings. The van der Waals surface area contributed by atoms with Gasteiger partial charge in [-0.3, -0.25) is 4.79 Å². The lowest BCUT2D eigenvalue weighted by Gasteiger charge is -2.28. The monoisotopic (exact) mass is 316 g/mol. The van der Waals surface area contributed by atoms with Crippen LogP contribution in [0, 0.1) is 11.3 Å². The minimum atomic E-state index is -0.236. The van der Waals surface area contributed by atoms with Gasteiger partial charge < -0.3 is 14.4 Å². The van der Waals surface area contributed by atoms with E-state index in [1.807, 2.05) is 6.33 Å². The highest BCUT2D eigenvalue weighted by atomic mass is 16.2. The number of aromatic nitrogens is 2. The van der Waals surface area contributed by atoms with Gasteiger partial charge in [0.1, 0.15) is 0 Å². The van der Waals surface area contributed by atoms with Crippen LogP contribution in [-0.4, -0.2) is 58.5 Å². The summed E-state index contributed by atoms with van der Waals surface area (Å²) in [5.74, 6) is 1.40. The zero-order valence-electron chi connectivity index (χ0n) is 14.5. The van der Waals surface area contributed by atoms with Crippen LogP contribution in [0.15, 0.2) is 12.5 Å². The summed E-state index contributed by atoms with van der Waals surface area (Å²) in [5.41, 5.74) is 0.865. The first-order valence-corrected chi connectivity index (χ1v) is 9.01. The van der Waals surface area contributed by atoms with Crippen LogP contribution in [0.2, 0.25) is 0 Å². The van der Waals surface area contributed by atoms with Gasteiger partial charge in [-0.05, 0) is 46.1 Å². The van der Waals surface area contributed by atoms with Crippen LogP contribution in [0.5, 0.6) is 0 Å². The Labute approximate surface area is 138 Å². The highest BCUT2D eigenvalue weighted by molar-refractivity contribution is 5.86. The largest absolute Gasteiger partial charge is 0.342 e. The van der Waals surface area contributed by atoms with Gasteiger partial charge in [0.2, 0.25) is 5.91 Å². The Hall–Kier alpha value is -1.36. The molecule has 0 radical (unpaired) electrons. The van der Waals surface area contributed by atoms with E-state index in [2.05, 4.69) is 46.4 Å². The van der Waals surface area contributed by atoms with E-state index in [1.54, 1.807) is 0 Å². The number of nitrogens with zero attached hydrogens (tertiary/aromatic N) is 4. The molecule has 0 unspecified atom stereocenters. The third-order valence-corrected chi connectivity index (χ3v) is 6.00. The fraction of sp³-hybridized carbons (Fsp3) is 0.778. The molecule has 3 heterocycles. The molecular weight excluding hydrogens is 288 g/mol. The lowest BCUT2D eigenvalue weighted by molar-refractivity contribution is -0.136. The van der Waals surface area contributed by atoms with Gasteiger partial charge in [0.05, 0.1) is 17.4 Å². The highest BCUT2D eigenvalue weighted by Gasteiger charge is 2.57. The maximum absolute atomic E-state index is 13.2. The van der Waals surface area contributed by atoms with E-state index < -0.39 is 0 Å². The number of likely N-dealkylation sites (tertiary alicyclic amines) is 2. The SMILES string of the molecule is CC(C)n1cnc([C@@H]2CN(C)C[C@@]23CCN(CC2CC2)C3=O)c1. The van der Waals surface area contributed by atoms with Crippen LogP contribution in [0.25, 0.3) is 0 Å². The number of likely N-dealkylation sites (N-methyl/N-ethyl adjacent to an activating group) is 1. The second-order valence-corrected chi connectivity index (χ2v) is 8.19. The molecule has 0 aromatic carbocycles. The lowest BCUT2D eigenvalue weighted by Crippen LogP contribution is -2.40. The molecule has 1 spiro atoms. The number of carbonyl (C=O) groups is 1. The van der Waals surface area contributed by atoms with Crippen molar-refractivity contribution in [2.24, 2.45) is 11.3 Å². The average Bonchev–Trinajstić information content (AvgIpc) is 2.94. The smallest absolute Gasteiger partial charge is 0.230 e. The van der Waals surface area contributed by atoms with Gasteiger partial charge in [0.25, 0.3) is 0 Å². The number of rotatable bonds is 4. The van der Waals surface area contributed by atoms with Crippen molar-refractivity contribution in [3.8, 4) is 0 Å². The van der Waals surface area contributed by atoms with Crippen LogP contribution < -0.4 is 0 Å². The minimum absolute atomic E-state index is 0.236.